The van der Waals surface area contributed by atoms with Gasteiger partial charge in [-0.3, -0.25) is 0 Å². The van der Waals surface area contributed by atoms with Gasteiger partial charge in [-0.1, -0.05) is 46.9 Å². The molecule has 0 unspecified atom stereocenters. The number of fused-ring (bicyclic) bond motifs is 1. The van der Waals surface area contributed by atoms with E-state index in [1.54, 1.807) is 14.2 Å². The third-order valence-corrected chi connectivity index (χ3v) is 4.47. The van der Waals surface area contributed by atoms with Gasteiger partial charge < -0.3 is 9.47 Å². The Labute approximate surface area is 134 Å². The first kappa shape index (κ1) is 15.4. The monoisotopic (exact) mass is 384 g/mol. The van der Waals surface area contributed by atoms with Crippen LogP contribution in [0.4, 0.5) is 0 Å². The van der Waals surface area contributed by atoms with Crippen molar-refractivity contribution in [1.82, 2.24) is 0 Å². The lowest BCUT2D eigenvalue weighted by molar-refractivity contribution is 0.403. The first-order valence-electron chi connectivity index (χ1n) is 6.92. The summed E-state index contributed by atoms with van der Waals surface area (Å²) in [6.45, 7) is 2.13. The van der Waals surface area contributed by atoms with Gasteiger partial charge in [-0.05, 0) is 36.2 Å². The fraction of sp³-hybridized carbons (Fsp3) is 0.412. The van der Waals surface area contributed by atoms with Gasteiger partial charge in [0.1, 0.15) is 11.5 Å². The third-order valence-electron chi connectivity index (χ3n) is 3.70. The molecule has 0 aromatic heterocycles. The van der Waals surface area contributed by atoms with E-state index in [9.17, 15) is 0 Å². The molecule has 0 aliphatic carbocycles. The molecule has 0 radical (unpaired) electrons. The lowest BCUT2D eigenvalue weighted by Gasteiger charge is -2.18. The molecular weight excluding hydrogens is 363 g/mol. The lowest BCUT2D eigenvalue weighted by atomic mass is 9.95. The summed E-state index contributed by atoms with van der Waals surface area (Å²) < 4.78 is 12.6. The Hall–Kier alpha value is -0.970. The van der Waals surface area contributed by atoms with Crippen LogP contribution in [0, 0.1) is 6.92 Å². The van der Waals surface area contributed by atoms with E-state index in [4.69, 9.17) is 9.47 Å². The Balaban J connectivity index is 2.62. The molecule has 0 N–H and O–H groups in total. The molecule has 0 bridgehead atoms. The van der Waals surface area contributed by atoms with Crippen molar-refractivity contribution < 1.29 is 9.47 Å². The van der Waals surface area contributed by atoms with E-state index >= 15 is 0 Å². The summed E-state index contributed by atoms with van der Waals surface area (Å²) in [5.74, 6) is 1.98. The molecule has 2 aromatic carbocycles. The topological polar surface area (TPSA) is 18.5 Å². The van der Waals surface area contributed by atoms with E-state index in [-0.39, 0.29) is 0 Å². The zero-order chi connectivity index (χ0) is 14.5. The fourth-order valence-electron chi connectivity index (χ4n) is 2.74. The maximum Gasteiger partial charge on any atom is 0.130 e. The summed E-state index contributed by atoms with van der Waals surface area (Å²) in [5.41, 5.74) is 2.49. The van der Waals surface area contributed by atoms with Crippen molar-refractivity contribution in [3.8, 4) is 11.5 Å². The lowest BCUT2D eigenvalue weighted by Crippen LogP contribution is -2.01. The largest absolute Gasteiger partial charge is 0.496 e. The minimum Gasteiger partial charge on any atom is -0.496 e. The highest BCUT2D eigenvalue weighted by atomic mass is 127. The smallest absolute Gasteiger partial charge is 0.130 e. The van der Waals surface area contributed by atoms with E-state index in [0.717, 1.165) is 28.7 Å². The van der Waals surface area contributed by atoms with Crippen LogP contribution in [0.15, 0.2) is 24.3 Å². The SMILES string of the molecule is COc1c(C)c(CCCCI)c(OC)c2ccccc12. The number of hydrogen-bond donors (Lipinski definition) is 0. The van der Waals surface area contributed by atoms with Crippen LogP contribution in [-0.2, 0) is 6.42 Å². The van der Waals surface area contributed by atoms with Gasteiger partial charge in [0.25, 0.3) is 0 Å². The van der Waals surface area contributed by atoms with E-state index in [1.807, 2.05) is 12.1 Å². The molecular formula is C17H21IO2. The molecule has 0 amide bonds. The minimum atomic E-state index is 0.978. The average Bonchev–Trinajstić information content (AvgIpc) is 2.48. The number of alkyl halides is 1. The molecule has 108 valence electrons. The van der Waals surface area contributed by atoms with Gasteiger partial charge in [0.05, 0.1) is 14.2 Å². The van der Waals surface area contributed by atoms with Crippen molar-refractivity contribution >= 4 is 33.4 Å². The van der Waals surface area contributed by atoms with Crippen LogP contribution in [0.3, 0.4) is 0 Å². The number of rotatable bonds is 6. The highest BCUT2D eigenvalue weighted by Gasteiger charge is 2.17. The molecule has 0 saturated heterocycles. The molecule has 0 aliphatic heterocycles. The minimum absolute atomic E-state index is 0.978. The molecule has 2 rings (SSSR count). The van der Waals surface area contributed by atoms with Crippen LogP contribution in [0.2, 0.25) is 0 Å². The average molecular weight is 384 g/mol. The van der Waals surface area contributed by atoms with E-state index in [2.05, 4.69) is 41.6 Å². The van der Waals surface area contributed by atoms with Gasteiger partial charge in [-0.25, -0.2) is 0 Å². The zero-order valence-electron chi connectivity index (χ0n) is 12.3. The van der Waals surface area contributed by atoms with E-state index in [0.29, 0.717) is 0 Å². The van der Waals surface area contributed by atoms with Crippen molar-refractivity contribution in [2.24, 2.45) is 0 Å². The number of ether oxygens (including phenoxy) is 2. The van der Waals surface area contributed by atoms with Gasteiger partial charge in [0.2, 0.25) is 0 Å². The summed E-state index contributed by atoms with van der Waals surface area (Å²) in [6, 6.07) is 8.30. The van der Waals surface area contributed by atoms with Gasteiger partial charge >= 0.3 is 0 Å². The van der Waals surface area contributed by atoms with Crippen LogP contribution in [0.25, 0.3) is 10.8 Å². The normalized spacial score (nSPS) is 10.8. The first-order valence-corrected chi connectivity index (χ1v) is 8.45. The fourth-order valence-corrected chi connectivity index (χ4v) is 3.28. The van der Waals surface area contributed by atoms with Crippen LogP contribution < -0.4 is 9.47 Å². The van der Waals surface area contributed by atoms with E-state index in [1.165, 1.54) is 28.4 Å². The quantitative estimate of drug-likeness (QED) is 0.400. The summed E-state index contributed by atoms with van der Waals surface area (Å²) in [4.78, 5) is 0. The Bertz CT molecular complexity index is 593. The predicted octanol–water partition coefficient (Wildman–Crippen LogP) is 4.92. The summed E-state index contributed by atoms with van der Waals surface area (Å²) in [5, 5.41) is 2.27. The summed E-state index contributed by atoms with van der Waals surface area (Å²) in [6.07, 6.45) is 3.46. The van der Waals surface area contributed by atoms with Crippen LogP contribution in [0.1, 0.15) is 24.0 Å². The predicted molar refractivity (Wildman–Crippen MR) is 93.6 cm³/mol. The number of halogens is 1. The molecule has 2 aromatic rings. The van der Waals surface area contributed by atoms with Crippen molar-refractivity contribution in [3.05, 3.63) is 35.4 Å². The summed E-state index contributed by atoms with van der Waals surface area (Å²) >= 11 is 2.43. The van der Waals surface area contributed by atoms with Crippen molar-refractivity contribution in [2.75, 3.05) is 18.6 Å². The highest BCUT2D eigenvalue weighted by Crippen LogP contribution is 2.40. The maximum atomic E-state index is 5.71. The number of hydrogen-bond acceptors (Lipinski definition) is 2. The van der Waals surface area contributed by atoms with Crippen molar-refractivity contribution in [2.45, 2.75) is 26.2 Å². The zero-order valence-corrected chi connectivity index (χ0v) is 14.5. The van der Waals surface area contributed by atoms with Crippen molar-refractivity contribution in [1.29, 1.82) is 0 Å². The Morgan fingerprint density at radius 1 is 0.950 bits per heavy atom. The second-order valence-electron chi connectivity index (χ2n) is 4.86. The van der Waals surface area contributed by atoms with Crippen LogP contribution in [-0.4, -0.2) is 18.6 Å². The second kappa shape index (κ2) is 7.16. The maximum absolute atomic E-state index is 5.71. The second-order valence-corrected chi connectivity index (χ2v) is 5.94. The molecule has 20 heavy (non-hydrogen) atoms. The standard InChI is InChI=1S/C17H21IO2/c1-12-13(8-6-7-11-18)17(20-3)15-10-5-4-9-14(15)16(12)19-2/h4-5,9-10H,6-8,11H2,1-3H3. The summed E-state index contributed by atoms with van der Waals surface area (Å²) in [7, 11) is 3.51. The van der Waals surface area contributed by atoms with Crippen molar-refractivity contribution in [3.63, 3.8) is 0 Å². The molecule has 0 spiro atoms. The molecule has 0 atom stereocenters. The first-order chi connectivity index (χ1) is 9.74. The van der Waals surface area contributed by atoms with Gasteiger partial charge in [0.15, 0.2) is 0 Å². The Morgan fingerprint density at radius 2 is 1.55 bits per heavy atom. The van der Waals surface area contributed by atoms with Gasteiger partial charge in [-0.2, -0.15) is 0 Å². The van der Waals surface area contributed by atoms with E-state index < -0.39 is 0 Å². The molecule has 0 aliphatic rings. The molecule has 0 heterocycles. The van der Waals surface area contributed by atoms with Crippen LogP contribution in [0.5, 0.6) is 11.5 Å². The number of methoxy groups -OCH3 is 2. The van der Waals surface area contributed by atoms with Gasteiger partial charge in [0, 0.05) is 16.3 Å². The Kier molecular flexibility index (Phi) is 5.52. The molecule has 0 saturated carbocycles. The molecule has 3 heteroatoms. The molecule has 2 nitrogen and oxygen atoms in total. The third kappa shape index (κ3) is 2.87. The molecule has 0 fully saturated rings. The number of unbranched alkanes of at least 4 members (excludes halogenated alkanes) is 1. The van der Waals surface area contributed by atoms with Crippen LogP contribution >= 0.6 is 22.6 Å². The Morgan fingerprint density at radius 3 is 2.10 bits per heavy atom. The number of benzene rings is 2. The van der Waals surface area contributed by atoms with Gasteiger partial charge in [-0.15, -0.1) is 0 Å². The highest BCUT2D eigenvalue weighted by molar-refractivity contribution is 14.1.